The number of ether oxygens (including phenoxy) is 1. The Bertz CT molecular complexity index is 626. The molecule has 1 amide bonds. The lowest BCUT2D eigenvalue weighted by atomic mass is 10.1. The van der Waals surface area contributed by atoms with Crippen LogP contribution in [0.25, 0.3) is 0 Å². The first-order valence-corrected chi connectivity index (χ1v) is 8.95. The molecule has 1 fully saturated rings. The molecular weight excluding hydrogens is 312 g/mol. The highest BCUT2D eigenvalue weighted by Crippen LogP contribution is 2.21. The van der Waals surface area contributed by atoms with E-state index in [1.54, 1.807) is 17.7 Å². The van der Waals surface area contributed by atoms with Gasteiger partial charge in [0.1, 0.15) is 12.4 Å². The summed E-state index contributed by atoms with van der Waals surface area (Å²) in [5.41, 5.74) is 0. The second-order valence-electron chi connectivity index (χ2n) is 5.61. The molecule has 1 atom stereocenters. The van der Waals surface area contributed by atoms with Crippen LogP contribution in [0.15, 0.2) is 23.8 Å². The molecule has 6 nitrogen and oxygen atoms in total. The molecule has 0 aromatic carbocycles. The lowest BCUT2D eigenvalue weighted by molar-refractivity contribution is -0.139. The molecule has 0 N–H and O–H groups in total. The van der Waals surface area contributed by atoms with Gasteiger partial charge in [0, 0.05) is 24.4 Å². The van der Waals surface area contributed by atoms with E-state index in [1.807, 2.05) is 16.4 Å². The van der Waals surface area contributed by atoms with Crippen molar-refractivity contribution in [3.63, 3.8) is 0 Å². The molecule has 1 aliphatic rings. The summed E-state index contributed by atoms with van der Waals surface area (Å²) >= 11 is 1.75. The summed E-state index contributed by atoms with van der Waals surface area (Å²) in [6.07, 6.45) is 3.99. The van der Waals surface area contributed by atoms with Crippen LogP contribution in [0, 0.1) is 0 Å². The van der Waals surface area contributed by atoms with Crippen molar-refractivity contribution < 1.29 is 9.53 Å². The van der Waals surface area contributed by atoms with Gasteiger partial charge in [-0.2, -0.15) is 0 Å². The molecule has 3 rings (SSSR count). The molecular formula is C16H22N4O2S. The third kappa shape index (κ3) is 3.97. The van der Waals surface area contributed by atoms with Crippen molar-refractivity contribution in [1.29, 1.82) is 0 Å². The van der Waals surface area contributed by atoms with Gasteiger partial charge in [0.2, 0.25) is 5.91 Å². The summed E-state index contributed by atoms with van der Waals surface area (Å²) in [7, 11) is 0. The molecule has 2 aromatic rings. The number of aromatic nitrogens is 3. The number of carbonyl (C=O) groups is 1. The zero-order valence-electron chi connectivity index (χ0n) is 13.4. The first kappa shape index (κ1) is 16.1. The predicted molar refractivity (Wildman–Crippen MR) is 88.2 cm³/mol. The monoisotopic (exact) mass is 334 g/mol. The Morgan fingerprint density at radius 1 is 1.52 bits per heavy atom. The second-order valence-corrected chi connectivity index (χ2v) is 6.64. The fourth-order valence-electron chi connectivity index (χ4n) is 2.82. The normalized spacial score (nSPS) is 18.3. The van der Waals surface area contributed by atoms with Crippen LogP contribution in [-0.4, -0.2) is 45.3 Å². The summed E-state index contributed by atoms with van der Waals surface area (Å²) in [5.74, 6) is 1.01. The highest BCUT2D eigenvalue weighted by Gasteiger charge is 2.28. The lowest BCUT2D eigenvalue weighted by Gasteiger charge is -2.32. The van der Waals surface area contributed by atoms with E-state index in [-0.39, 0.29) is 12.0 Å². The minimum atomic E-state index is -0.174. The van der Waals surface area contributed by atoms with Crippen LogP contribution in [0.4, 0.5) is 0 Å². The second kappa shape index (κ2) is 7.70. The molecule has 7 heteroatoms. The molecule has 23 heavy (non-hydrogen) atoms. The van der Waals surface area contributed by atoms with Crippen molar-refractivity contribution in [1.82, 2.24) is 19.7 Å². The van der Waals surface area contributed by atoms with Crippen molar-refractivity contribution in [2.75, 3.05) is 19.7 Å². The number of rotatable bonds is 6. The number of aryl methyl sites for hydroxylation is 2. The number of hydrogen-bond acceptors (Lipinski definition) is 5. The number of nitrogens with zero attached hydrogens (tertiary/aromatic N) is 4. The van der Waals surface area contributed by atoms with E-state index in [9.17, 15) is 4.79 Å². The lowest BCUT2D eigenvalue weighted by Crippen LogP contribution is -2.42. The van der Waals surface area contributed by atoms with Gasteiger partial charge in [-0.15, -0.1) is 21.5 Å². The van der Waals surface area contributed by atoms with Crippen LogP contribution < -0.4 is 0 Å². The maximum atomic E-state index is 12.4. The molecule has 1 saturated heterocycles. The SMILES string of the molecule is CCn1cnnc1[C@H]1CN(C(=O)CCCc2cccs2)CCO1. The van der Waals surface area contributed by atoms with Crippen molar-refractivity contribution in [2.45, 2.75) is 38.8 Å². The average Bonchev–Trinajstić information content (AvgIpc) is 3.26. The Labute approximate surface area is 140 Å². The molecule has 0 radical (unpaired) electrons. The Morgan fingerprint density at radius 3 is 3.22 bits per heavy atom. The van der Waals surface area contributed by atoms with Crippen LogP contribution in [0.5, 0.6) is 0 Å². The molecule has 0 bridgehead atoms. The summed E-state index contributed by atoms with van der Waals surface area (Å²) in [4.78, 5) is 15.7. The predicted octanol–water partition coefficient (Wildman–Crippen LogP) is 2.28. The summed E-state index contributed by atoms with van der Waals surface area (Å²) in [5, 5.41) is 10.2. The first-order valence-electron chi connectivity index (χ1n) is 8.07. The summed E-state index contributed by atoms with van der Waals surface area (Å²) in [6, 6.07) is 4.18. The topological polar surface area (TPSA) is 60.2 Å². The molecule has 2 aromatic heterocycles. The van der Waals surface area contributed by atoms with Gasteiger partial charge in [-0.3, -0.25) is 4.79 Å². The summed E-state index contributed by atoms with van der Waals surface area (Å²) < 4.78 is 7.76. The number of morpholine rings is 1. The Kier molecular flexibility index (Phi) is 5.40. The van der Waals surface area contributed by atoms with Crippen molar-refractivity contribution >= 4 is 17.2 Å². The Morgan fingerprint density at radius 2 is 2.43 bits per heavy atom. The van der Waals surface area contributed by atoms with Crippen LogP contribution in [-0.2, 0) is 22.5 Å². The zero-order valence-corrected chi connectivity index (χ0v) is 14.2. The highest BCUT2D eigenvalue weighted by atomic mass is 32.1. The maximum absolute atomic E-state index is 12.4. The van der Waals surface area contributed by atoms with Gasteiger partial charge < -0.3 is 14.2 Å². The quantitative estimate of drug-likeness (QED) is 0.813. The van der Waals surface area contributed by atoms with Gasteiger partial charge in [0.05, 0.1) is 13.2 Å². The zero-order chi connectivity index (χ0) is 16.1. The Balaban J connectivity index is 1.52. The van der Waals surface area contributed by atoms with Gasteiger partial charge in [-0.25, -0.2) is 0 Å². The van der Waals surface area contributed by atoms with E-state index in [1.165, 1.54) is 4.88 Å². The van der Waals surface area contributed by atoms with Gasteiger partial charge in [-0.05, 0) is 31.2 Å². The molecule has 0 unspecified atom stereocenters. The van der Waals surface area contributed by atoms with Crippen molar-refractivity contribution in [3.8, 4) is 0 Å². The smallest absolute Gasteiger partial charge is 0.222 e. The number of amides is 1. The van der Waals surface area contributed by atoms with Crippen LogP contribution >= 0.6 is 11.3 Å². The summed E-state index contributed by atoms with van der Waals surface area (Å²) in [6.45, 7) is 4.63. The maximum Gasteiger partial charge on any atom is 0.222 e. The Hall–Kier alpha value is -1.73. The number of carbonyl (C=O) groups excluding carboxylic acids is 1. The van der Waals surface area contributed by atoms with Crippen LogP contribution in [0.3, 0.4) is 0 Å². The fourth-order valence-corrected chi connectivity index (χ4v) is 3.57. The van der Waals surface area contributed by atoms with Gasteiger partial charge in [0.15, 0.2) is 5.82 Å². The van der Waals surface area contributed by atoms with Crippen molar-refractivity contribution in [3.05, 3.63) is 34.5 Å². The highest BCUT2D eigenvalue weighted by molar-refractivity contribution is 7.09. The largest absolute Gasteiger partial charge is 0.366 e. The van der Waals surface area contributed by atoms with E-state index in [0.29, 0.717) is 26.1 Å². The average molecular weight is 334 g/mol. The number of thiophene rings is 1. The molecule has 3 heterocycles. The van der Waals surface area contributed by atoms with E-state index in [0.717, 1.165) is 25.2 Å². The van der Waals surface area contributed by atoms with Crippen LogP contribution in [0.1, 0.15) is 36.6 Å². The first-order chi connectivity index (χ1) is 11.3. The van der Waals surface area contributed by atoms with Crippen LogP contribution in [0.2, 0.25) is 0 Å². The third-order valence-corrected chi connectivity index (χ3v) is 5.02. The van der Waals surface area contributed by atoms with E-state index in [4.69, 9.17) is 4.74 Å². The van der Waals surface area contributed by atoms with Gasteiger partial charge in [0.25, 0.3) is 0 Å². The van der Waals surface area contributed by atoms with Gasteiger partial charge >= 0.3 is 0 Å². The number of hydrogen-bond donors (Lipinski definition) is 0. The minimum Gasteiger partial charge on any atom is -0.366 e. The molecule has 0 saturated carbocycles. The van der Waals surface area contributed by atoms with E-state index >= 15 is 0 Å². The van der Waals surface area contributed by atoms with E-state index < -0.39 is 0 Å². The minimum absolute atomic E-state index is 0.174. The van der Waals surface area contributed by atoms with E-state index in [2.05, 4.69) is 27.7 Å². The molecule has 0 aliphatic carbocycles. The standard InChI is InChI=1S/C16H22N4O2S/c1-2-19-12-17-18-16(19)14-11-20(8-9-22-14)15(21)7-3-5-13-6-4-10-23-13/h4,6,10,12,14H,2-3,5,7-9,11H2,1H3/t14-/m1/s1. The molecule has 124 valence electrons. The molecule has 1 aliphatic heterocycles. The molecule has 0 spiro atoms. The van der Waals surface area contributed by atoms with Crippen molar-refractivity contribution in [2.24, 2.45) is 0 Å². The fraction of sp³-hybridized carbons (Fsp3) is 0.562. The third-order valence-electron chi connectivity index (χ3n) is 4.09. The van der Waals surface area contributed by atoms with Gasteiger partial charge in [-0.1, -0.05) is 6.07 Å².